The van der Waals surface area contributed by atoms with Gasteiger partial charge in [0, 0.05) is 28.3 Å². The standard InChI is InChI=1S/C10H15.C8H19OP.2ClH.Ir/c1-6-7(2)9(4)10(5)8(6)3;1-7(2)5-10(9)6-8(3)4;;;/h1-5H3;7-9H,5-6H2,1-4H3;2*1H;/q-1;;;;. The summed E-state index contributed by atoms with van der Waals surface area (Å²) < 4.78 is 0. The van der Waals surface area contributed by atoms with Gasteiger partial charge < -0.3 is 4.89 Å². The van der Waals surface area contributed by atoms with E-state index in [0.717, 1.165) is 12.3 Å². The first-order chi connectivity index (χ1) is 9.07. The Hall–Kier alpha value is 0.969. The maximum Gasteiger partial charge on any atom is 0.0256 e. The first-order valence-corrected chi connectivity index (χ1v) is 9.37. The smallest absolute Gasteiger partial charge is 0.0256 e. The molecular weight excluding hydrogens is 526 g/mol. The van der Waals surface area contributed by atoms with Gasteiger partial charge in [0.25, 0.3) is 0 Å². The Labute approximate surface area is 171 Å². The number of halogens is 2. The van der Waals surface area contributed by atoms with Crippen LogP contribution in [0.1, 0.15) is 55.5 Å². The van der Waals surface area contributed by atoms with Crippen LogP contribution in [0.25, 0.3) is 0 Å². The van der Waals surface area contributed by atoms with Crippen molar-refractivity contribution in [1.82, 2.24) is 0 Å². The van der Waals surface area contributed by atoms with Gasteiger partial charge in [-0.15, -0.1) is 24.8 Å². The Morgan fingerprint density at radius 3 is 1.22 bits per heavy atom. The summed E-state index contributed by atoms with van der Waals surface area (Å²) in [5.74, 6) is 1.30. The van der Waals surface area contributed by atoms with E-state index in [1.165, 1.54) is 27.8 Å². The molecule has 1 N–H and O–H groups in total. The van der Waals surface area contributed by atoms with Crippen molar-refractivity contribution in [2.45, 2.75) is 62.3 Å². The molecule has 143 valence electrons. The van der Waals surface area contributed by atoms with Gasteiger partial charge in [0.05, 0.1) is 0 Å². The van der Waals surface area contributed by atoms with Gasteiger partial charge in [-0.3, -0.25) is 0 Å². The molecule has 0 aliphatic heterocycles. The van der Waals surface area contributed by atoms with Crippen LogP contribution in [0.15, 0.2) is 0 Å². The van der Waals surface area contributed by atoms with Gasteiger partial charge in [-0.1, -0.05) is 62.3 Å². The zero-order valence-electron chi connectivity index (χ0n) is 16.1. The van der Waals surface area contributed by atoms with Crippen molar-refractivity contribution in [2.24, 2.45) is 11.8 Å². The Balaban J connectivity index is -0.000000139. The minimum absolute atomic E-state index is 0. The van der Waals surface area contributed by atoms with E-state index in [2.05, 4.69) is 62.3 Å². The third-order valence-electron chi connectivity index (χ3n) is 3.96. The van der Waals surface area contributed by atoms with Gasteiger partial charge in [0.2, 0.25) is 0 Å². The number of hydrogen-bond acceptors (Lipinski definition) is 1. The predicted octanol–water partition coefficient (Wildman–Crippen LogP) is 6.48. The molecule has 0 bridgehead atoms. The molecule has 0 aliphatic carbocycles. The van der Waals surface area contributed by atoms with Gasteiger partial charge in [0.1, 0.15) is 0 Å². The molecule has 1 aromatic rings. The molecule has 0 saturated carbocycles. The third-order valence-corrected chi connectivity index (χ3v) is 6.27. The molecule has 0 aliphatic rings. The van der Waals surface area contributed by atoms with Crippen LogP contribution in [-0.4, -0.2) is 17.2 Å². The molecule has 0 aromatic heterocycles. The van der Waals surface area contributed by atoms with E-state index in [1.807, 2.05) is 0 Å². The second-order valence-corrected chi connectivity index (χ2v) is 8.53. The summed E-state index contributed by atoms with van der Waals surface area (Å²) in [5, 5.41) is 0. The molecule has 0 saturated heterocycles. The molecule has 0 amide bonds. The van der Waals surface area contributed by atoms with Crippen LogP contribution < -0.4 is 0 Å². The fraction of sp³-hybridized carbons (Fsp3) is 0.722. The van der Waals surface area contributed by atoms with Gasteiger partial charge in [0.15, 0.2) is 0 Å². The van der Waals surface area contributed by atoms with E-state index >= 15 is 0 Å². The van der Waals surface area contributed by atoms with Crippen LogP contribution in [0.3, 0.4) is 0 Å². The van der Waals surface area contributed by atoms with E-state index in [-0.39, 0.29) is 44.9 Å². The summed E-state index contributed by atoms with van der Waals surface area (Å²) in [6.07, 6.45) is 2.01. The van der Waals surface area contributed by atoms with Crippen molar-refractivity contribution >= 4 is 33.0 Å². The number of rotatable bonds is 4. The average molecular weight is 563 g/mol. The molecule has 1 rings (SSSR count). The molecule has 0 heterocycles. The number of hydrogen-bond donors (Lipinski definition) is 1. The largest absolute Gasteiger partial charge is 0.374 e. The van der Waals surface area contributed by atoms with Crippen LogP contribution in [-0.2, 0) is 20.1 Å². The molecule has 23 heavy (non-hydrogen) atoms. The van der Waals surface area contributed by atoms with Crippen LogP contribution >= 0.6 is 33.0 Å². The predicted molar refractivity (Wildman–Crippen MR) is 109 cm³/mol. The van der Waals surface area contributed by atoms with Crippen molar-refractivity contribution in [2.75, 3.05) is 12.3 Å². The van der Waals surface area contributed by atoms with Crippen molar-refractivity contribution < 1.29 is 25.0 Å². The minimum Gasteiger partial charge on any atom is -0.374 e. The normalized spacial score (nSPS) is 9.78. The van der Waals surface area contributed by atoms with Gasteiger partial charge in [-0.05, 0) is 24.2 Å². The fourth-order valence-electron chi connectivity index (χ4n) is 2.32. The maximum absolute atomic E-state index is 9.45. The second-order valence-electron chi connectivity index (χ2n) is 6.78. The monoisotopic (exact) mass is 562 g/mol. The summed E-state index contributed by atoms with van der Waals surface area (Å²) in [4.78, 5) is 9.45. The van der Waals surface area contributed by atoms with Crippen LogP contribution in [0.4, 0.5) is 0 Å². The van der Waals surface area contributed by atoms with Crippen molar-refractivity contribution in [1.29, 1.82) is 0 Å². The third kappa shape index (κ3) is 12.0. The van der Waals surface area contributed by atoms with Crippen LogP contribution in [0.5, 0.6) is 0 Å². The van der Waals surface area contributed by atoms with Gasteiger partial charge in [-0.25, -0.2) is 0 Å². The maximum atomic E-state index is 9.45. The Morgan fingerprint density at radius 1 is 0.826 bits per heavy atom. The summed E-state index contributed by atoms with van der Waals surface area (Å²) in [6, 6.07) is 0. The first-order valence-electron chi connectivity index (χ1n) is 7.71. The molecule has 1 nitrogen and oxygen atoms in total. The van der Waals surface area contributed by atoms with Gasteiger partial charge >= 0.3 is 0 Å². The zero-order chi connectivity index (χ0) is 16.0. The van der Waals surface area contributed by atoms with E-state index in [4.69, 9.17) is 0 Å². The molecule has 0 spiro atoms. The van der Waals surface area contributed by atoms with Crippen LogP contribution in [0.2, 0.25) is 0 Å². The average Bonchev–Trinajstić information content (AvgIpc) is 2.46. The molecule has 0 atom stereocenters. The van der Waals surface area contributed by atoms with Crippen molar-refractivity contribution in [3.8, 4) is 0 Å². The zero-order valence-corrected chi connectivity index (χ0v) is 21.0. The quantitative estimate of drug-likeness (QED) is 0.329. The Kier molecular flexibility index (Phi) is 21.0. The minimum atomic E-state index is -0.659. The van der Waals surface area contributed by atoms with E-state index in [0.29, 0.717) is 11.8 Å². The first kappa shape index (κ1) is 31.7. The van der Waals surface area contributed by atoms with Gasteiger partial charge in [-0.2, -0.15) is 27.8 Å². The second kappa shape index (κ2) is 15.2. The van der Waals surface area contributed by atoms with E-state index < -0.39 is 8.15 Å². The summed E-state index contributed by atoms with van der Waals surface area (Å²) in [7, 11) is -0.659. The van der Waals surface area contributed by atoms with Crippen molar-refractivity contribution in [3.63, 3.8) is 0 Å². The SMILES string of the molecule is CC(C)CP(O)CC(C)C.Cc1c(C)c(C)[c-](C)c1C.Cl.Cl.[Ir]. The van der Waals surface area contributed by atoms with Crippen LogP contribution in [0, 0.1) is 46.5 Å². The molecule has 1 radical (unpaired) electrons. The molecule has 0 unspecified atom stereocenters. The fourth-order valence-corrected chi connectivity index (χ4v) is 4.16. The molecule has 5 heteroatoms. The summed E-state index contributed by atoms with van der Waals surface area (Å²) in [6.45, 7) is 19.6. The van der Waals surface area contributed by atoms with E-state index in [1.54, 1.807) is 0 Å². The Bertz CT molecular complexity index is 327. The summed E-state index contributed by atoms with van der Waals surface area (Å²) in [5.41, 5.74) is 7.34. The molecule has 1 aromatic carbocycles. The Morgan fingerprint density at radius 2 is 1.09 bits per heavy atom. The molecular formula is C18H36Cl2IrOP-. The van der Waals surface area contributed by atoms with E-state index in [9.17, 15) is 4.89 Å². The molecule has 0 fully saturated rings. The summed E-state index contributed by atoms with van der Waals surface area (Å²) >= 11 is 0. The van der Waals surface area contributed by atoms with Crippen molar-refractivity contribution in [3.05, 3.63) is 27.8 Å². The topological polar surface area (TPSA) is 20.2 Å².